The number of fused-ring (bicyclic) bond motifs is 1. The van der Waals surface area contributed by atoms with Crippen LogP contribution in [0, 0.1) is 0 Å². The van der Waals surface area contributed by atoms with Crippen LogP contribution in [0.3, 0.4) is 0 Å². The number of methoxy groups -OCH3 is 1. The van der Waals surface area contributed by atoms with Crippen molar-refractivity contribution in [3.05, 3.63) is 48.0 Å². The molecule has 6 heteroatoms. The molecule has 1 amide bonds. The van der Waals surface area contributed by atoms with Crippen LogP contribution in [-0.2, 0) is 0 Å². The number of benzene rings is 2. The van der Waals surface area contributed by atoms with E-state index in [1.54, 1.807) is 25.3 Å². The van der Waals surface area contributed by atoms with E-state index in [0.29, 0.717) is 22.6 Å². The van der Waals surface area contributed by atoms with Crippen molar-refractivity contribution in [3.63, 3.8) is 0 Å². The quantitative estimate of drug-likeness (QED) is 0.701. The molecule has 0 atom stereocenters. The van der Waals surface area contributed by atoms with Gasteiger partial charge >= 0.3 is 0 Å². The molecule has 4 rings (SSSR count). The van der Waals surface area contributed by atoms with Crippen LogP contribution in [0.1, 0.15) is 42.5 Å². The second kappa shape index (κ2) is 7.64. The molecule has 2 aromatic carbocycles. The van der Waals surface area contributed by atoms with E-state index in [0.717, 1.165) is 43.4 Å². The van der Waals surface area contributed by atoms with Gasteiger partial charge in [-0.25, -0.2) is 4.98 Å². The van der Waals surface area contributed by atoms with Gasteiger partial charge < -0.3 is 19.6 Å². The van der Waals surface area contributed by atoms with E-state index in [9.17, 15) is 9.90 Å². The summed E-state index contributed by atoms with van der Waals surface area (Å²) in [5.41, 5.74) is 1.73. The minimum Gasteiger partial charge on any atom is -0.497 e. The van der Waals surface area contributed by atoms with Crippen molar-refractivity contribution in [3.8, 4) is 17.2 Å². The van der Waals surface area contributed by atoms with Crippen molar-refractivity contribution < 1.29 is 19.1 Å². The van der Waals surface area contributed by atoms with Gasteiger partial charge in [-0.05, 0) is 49.2 Å². The van der Waals surface area contributed by atoms with Crippen LogP contribution >= 0.6 is 0 Å². The van der Waals surface area contributed by atoms with Gasteiger partial charge in [0.05, 0.1) is 12.7 Å². The SMILES string of the molecule is COc1cccc(-c2nc3ccc(C(=O)NCC4(O)CCCCC4)cc3o2)c1. The Kier molecular flexibility index (Phi) is 5.05. The summed E-state index contributed by atoms with van der Waals surface area (Å²) in [7, 11) is 1.61. The Bertz CT molecular complexity index is 989. The molecule has 0 saturated heterocycles. The summed E-state index contributed by atoms with van der Waals surface area (Å²) in [6, 6.07) is 12.7. The molecule has 0 radical (unpaired) electrons. The number of rotatable bonds is 5. The third kappa shape index (κ3) is 3.87. The maximum absolute atomic E-state index is 12.5. The van der Waals surface area contributed by atoms with Crippen LogP contribution in [0.15, 0.2) is 46.9 Å². The molecule has 1 fully saturated rings. The topological polar surface area (TPSA) is 84.6 Å². The van der Waals surface area contributed by atoms with Gasteiger partial charge in [0.25, 0.3) is 5.91 Å². The first kappa shape index (κ1) is 18.5. The van der Waals surface area contributed by atoms with E-state index in [2.05, 4.69) is 10.3 Å². The number of aromatic nitrogens is 1. The highest BCUT2D eigenvalue weighted by atomic mass is 16.5. The maximum atomic E-state index is 12.5. The summed E-state index contributed by atoms with van der Waals surface area (Å²) in [6.07, 6.45) is 4.62. The number of ether oxygens (including phenoxy) is 1. The molecular formula is C22H24N2O4. The third-order valence-electron chi connectivity index (χ3n) is 5.33. The first-order valence-electron chi connectivity index (χ1n) is 9.62. The van der Waals surface area contributed by atoms with Gasteiger partial charge in [0.2, 0.25) is 5.89 Å². The summed E-state index contributed by atoms with van der Waals surface area (Å²) in [5, 5.41) is 13.4. The lowest BCUT2D eigenvalue weighted by Crippen LogP contribution is -2.44. The van der Waals surface area contributed by atoms with Crippen LogP contribution in [-0.4, -0.2) is 35.3 Å². The van der Waals surface area contributed by atoms with Crippen molar-refractivity contribution >= 4 is 17.0 Å². The average molecular weight is 380 g/mol. The van der Waals surface area contributed by atoms with E-state index >= 15 is 0 Å². The number of nitrogens with one attached hydrogen (secondary N) is 1. The molecule has 0 aliphatic heterocycles. The van der Waals surface area contributed by atoms with Crippen molar-refractivity contribution in [2.45, 2.75) is 37.7 Å². The fourth-order valence-corrected chi connectivity index (χ4v) is 3.68. The number of hydrogen-bond donors (Lipinski definition) is 2. The second-order valence-corrected chi connectivity index (χ2v) is 7.40. The van der Waals surface area contributed by atoms with Gasteiger partial charge in [0, 0.05) is 17.7 Å². The highest BCUT2D eigenvalue weighted by molar-refractivity contribution is 5.97. The average Bonchev–Trinajstić information content (AvgIpc) is 3.16. The summed E-state index contributed by atoms with van der Waals surface area (Å²) in [4.78, 5) is 17.0. The summed E-state index contributed by atoms with van der Waals surface area (Å²) < 4.78 is 11.1. The van der Waals surface area contributed by atoms with E-state index in [1.807, 2.05) is 24.3 Å². The molecule has 146 valence electrons. The first-order valence-corrected chi connectivity index (χ1v) is 9.62. The van der Waals surface area contributed by atoms with Crippen LogP contribution in [0.4, 0.5) is 0 Å². The van der Waals surface area contributed by atoms with E-state index in [-0.39, 0.29) is 12.5 Å². The van der Waals surface area contributed by atoms with E-state index < -0.39 is 5.60 Å². The molecule has 1 aromatic heterocycles. The molecule has 28 heavy (non-hydrogen) atoms. The number of carbonyl (C=O) groups is 1. The second-order valence-electron chi connectivity index (χ2n) is 7.40. The van der Waals surface area contributed by atoms with Gasteiger partial charge in [-0.3, -0.25) is 4.79 Å². The largest absolute Gasteiger partial charge is 0.497 e. The molecule has 0 bridgehead atoms. The molecule has 1 heterocycles. The van der Waals surface area contributed by atoms with Crippen molar-refractivity contribution in [2.24, 2.45) is 0 Å². The van der Waals surface area contributed by atoms with Crippen LogP contribution < -0.4 is 10.1 Å². The predicted molar refractivity (Wildman–Crippen MR) is 106 cm³/mol. The monoisotopic (exact) mass is 380 g/mol. The highest BCUT2D eigenvalue weighted by Gasteiger charge is 2.29. The number of carbonyl (C=O) groups excluding carboxylic acids is 1. The molecule has 2 N–H and O–H groups in total. The van der Waals surface area contributed by atoms with Crippen LogP contribution in [0.25, 0.3) is 22.6 Å². The van der Waals surface area contributed by atoms with Crippen LogP contribution in [0.5, 0.6) is 5.75 Å². The Morgan fingerprint density at radius 1 is 1.21 bits per heavy atom. The van der Waals surface area contributed by atoms with Gasteiger partial charge in [-0.15, -0.1) is 0 Å². The molecule has 0 unspecified atom stereocenters. The molecular weight excluding hydrogens is 356 g/mol. The van der Waals surface area contributed by atoms with Gasteiger partial charge in [-0.1, -0.05) is 25.3 Å². The van der Waals surface area contributed by atoms with E-state index in [1.165, 1.54) is 0 Å². The lowest BCUT2D eigenvalue weighted by atomic mass is 9.85. The normalized spacial score (nSPS) is 16.1. The zero-order chi connectivity index (χ0) is 19.6. The minimum atomic E-state index is -0.788. The Morgan fingerprint density at radius 3 is 2.82 bits per heavy atom. The number of amides is 1. The third-order valence-corrected chi connectivity index (χ3v) is 5.33. The molecule has 1 aliphatic carbocycles. The lowest BCUT2D eigenvalue weighted by Gasteiger charge is -2.32. The molecule has 0 spiro atoms. The Morgan fingerprint density at radius 2 is 2.04 bits per heavy atom. The predicted octanol–water partition coefficient (Wildman–Crippen LogP) is 3.93. The fourth-order valence-electron chi connectivity index (χ4n) is 3.68. The molecule has 6 nitrogen and oxygen atoms in total. The number of hydrogen-bond acceptors (Lipinski definition) is 5. The first-order chi connectivity index (χ1) is 13.6. The van der Waals surface area contributed by atoms with Crippen LogP contribution in [0.2, 0.25) is 0 Å². The molecule has 1 saturated carbocycles. The Labute approximate surface area is 163 Å². The fraction of sp³-hybridized carbons (Fsp3) is 0.364. The maximum Gasteiger partial charge on any atom is 0.251 e. The van der Waals surface area contributed by atoms with Gasteiger partial charge in [0.15, 0.2) is 5.58 Å². The van der Waals surface area contributed by atoms with Crippen molar-refractivity contribution in [2.75, 3.05) is 13.7 Å². The Hall–Kier alpha value is -2.86. The number of aliphatic hydroxyl groups is 1. The lowest BCUT2D eigenvalue weighted by molar-refractivity contribution is 0.00526. The Balaban J connectivity index is 1.51. The van der Waals surface area contributed by atoms with Crippen molar-refractivity contribution in [1.82, 2.24) is 10.3 Å². The molecule has 1 aliphatic rings. The molecule has 3 aromatic rings. The number of nitrogens with zero attached hydrogens (tertiary/aromatic N) is 1. The highest BCUT2D eigenvalue weighted by Crippen LogP contribution is 2.29. The van der Waals surface area contributed by atoms with E-state index in [4.69, 9.17) is 9.15 Å². The summed E-state index contributed by atoms with van der Waals surface area (Å²) >= 11 is 0. The minimum absolute atomic E-state index is 0.222. The van der Waals surface area contributed by atoms with Gasteiger partial charge in [-0.2, -0.15) is 0 Å². The zero-order valence-corrected chi connectivity index (χ0v) is 15.9. The number of oxazole rings is 1. The zero-order valence-electron chi connectivity index (χ0n) is 15.9. The van der Waals surface area contributed by atoms with Crippen molar-refractivity contribution in [1.29, 1.82) is 0 Å². The van der Waals surface area contributed by atoms with Gasteiger partial charge in [0.1, 0.15) is 11.3 Å². The smallest absolute Gasteiger partial charge is 0.251 e. The summed E-state index contributed by atoms with van der Waals surface area (Å²) in [5.74, 6) is 0.976. The standard InChI is InChI=1S/C22H24N2O4/c1-27-17-7-5-6-16(12-17)21-24-18-9-8-15(13-19(18)28-21)20(25)23-14-22(26)10-3-2-4-11-22/h5-9,12-13,26H,2-4,10-11,14H2,1H3,(H,23,25). The summed E-state index contributed by atoms with van der Waals surface area (Å²) in [6.45, 7) is 0.273.